The van der Waals surface area contributed by atoms with Crippen molar-refractivity contribution in [3.8, 4) is 0 Å². The van der Waals surface area contributed by atoms with E-state index in [9.17, 15) is 22.7 Å². The lowest BCUT2D eigenvalue weighted by Crippen LogP contribution is -2.39. The van der Waals surface area contributed by atoms with Gasteiger partial charge in [0.15, 0.2) is 9.84 Å². The first-order valence-corrected chi connectivity index (χ1v) is 8.82. The number of halogens is 1. The minimum absolute atomic E-state index is 0.0267. The smallest absolute Gasteiger partial charge is 0.325 e. The molecule has 3 rings (SSSR count). The average Bonchev–Trinajstić information content (AvgIpc) is 3.17. The van der Waals surface area contributed by atoms with Gasteiger partial charge in [-0.1, -0.05) is 29.8 Å². The predicted octanol–water partition coefficient (Wildman–Crippen LogP) is 1.86. The number of nitrogens with two attached hydrogens (primary N) is 1. The van der Waals surface area contributed by atoms with Crippen LogP contribution in [0.15, 0.2) is 53.4 Å². The molecular weight excluding hydrogens is 333 g/mol. The van der Waals surface area contributed by atoms with Crippen LogP contribution in [0.1, 0.15) is 17.0 Å². The molecule has 7 heteroatoms. The van der Waals surface area contributed by atoms with Crippen LogP contribution < -0.4 is 5.73 Å². The molecule has 0 saturated heterocycles. The number of hydrogen-bond donors (Lipinski definition) is 2. The van der Waals surface area contributed by atoms with E-state index in [1.807, 2.05) is 6.92 Å². The van der Waals surface area contributed by atoms with Gasteiger partial charge in [-0.15, -0.1) is 0 Å². The van der Waals surface area contributed by atoms with Crippen LogP contribution in [0.5, 0.6) is 0 Å². The van der Waals surface area contributed by atoms with E-state index in [4.69, 9.17) is 5.73 Å². The number of carbonyl (C=O) groups is 1. The normalized spacial score (nSPS) is 26.1. The summed E-state index contributed by atoms with van der Waals surface area (Å²) in [5, 5.41) is 8.16. The van der Waals surface area contributed by atoms with E-state index in [0.717, 1.165) is 17.7 Å². The summed E-state index contributed by atoms with van der Waals surface area (Å²) >= 11 is 0. The number of benzene rings is 2. The van der Waals surface area contributed by atoms with Crippen LogP contribution in [0, 0.1) is 12.7 Å². The summed E-state index contributed by atoms with van der Waals surface area (Å²) in [5.74, 6) is -2.81. The number of aliphatic carboxylic acids is 1. The van der Waals surface area contributed by atoms with Gasteiger partial charge in [-0.2, -0.15) is 0 Å². The standard InChI is InChI=1S/C17H16FNO4S/c1-10-2-8-13(9-3-10)24(22,23)15-14(17(15,19)16(20)21)11-4-6-12(18)7-5-11/h2-9,14-15H,19H2,1H3,(H,20,21)/t14-,15-,17-/m0/s1. The maximum absolute atomic E-state index is 13.1. The van der Waals surface area contributed by atoms with Crippen molar-refractivity contribution in [1.29, 1.82) is 0 Å². The number of rotatable bonds is 4. The van der Waals surface area contributed by atoms with Gasteiger partial charge in [0, 0.05) is 5.92 Å². The van der Waals surface area contributed by atoms with Gasteiger partial charge in [-0.05, 0) is 36.8 Å². The first kappa shape index (κ1) is 16.6. The Bertz CT molecular complexity index is 893. The van der Waals surface area contributed by atoms with Gasteiger partial charge in [0.05, 0.1) is 4.90 Å². The molecule has 1 fully saturated rings. The molecule has 0 heterocycles. The third kappa shape index (κ3) is 2.40. The van der Waals surface area contributed by atoms with E-state index >= 15 is 0 Å². The molecule has 126 valence electrons. The van der Waals surface area contributed by atoms with Crippen LogP contribution in [-0.4, -0.2) is 30.3 Å². The van der Waals surface area contributed by atoms with Crippen LogP contribution in [0.3, 0.4) is 0 Å². The SMILES string of the molecule is Cc1ccc(S(=O)(=O)[C@H]2[C@H](c3ccc(F)cc3)[C@@]2(N)C(=O)O)cc1. The summed E-state index contributed by atoms with van der Waals surface area (Å²) in [6.07, 6.45) is 0. The summed E-state index contributed by atoms with van der Waals surface area (Å²) in [6, 6.07) is 11.2. The lowest BCUT2D eigenvalue weighted by molar-refractivity contribution is -0.139. The van der Waals surface area contributed by atoms with Crippen molar-refractivity contribution in [3.63, 3.8) is 0 Å². The van der Waals surface area contributed by atoms with Crippen LogP contribution in [0.25, 0.3) is 0 Å². The molecule has 0 unspecified atom stereocenters. The third-order valence-corrected chi connectivity index (χ3v) is 6.72. The third-order valence-electron chi connectivity index (χ3n) is 4.46. The Balaban J connectivity index is 2.06. The van der Waals surface area contributed by atoms with E-state index in [1.165, 1.54) is 24.3 Å². The molecule has 5 nitrogen and oxygen atoms in total. The zero-order chi connectivity index (χ0) is 17.7. The van der Waals surface area contributed by atoms with Crippen molar-refractivity contribution >= 4 is 15.8 Å². The fourth-order valence-electron chi connectivity index (χ4n) is 3.06. The zero-order valence-corrected chi connectivity index (χ0v) is 13.6. The lowest BCUT2D eigenvalue weighted by Gasteiger charge is -2.07. The summed E-state index contributed by atoms with van der Waals surface area (Å²) in [6.45, 7) is 1.82. The van der Waals surface area contributed by atoms with E-state index in [-0.39, 0.29) is 4.90 Å². The highest BCUT2D eigenvalue weighted by atomic mass is 32.2. The highest BCUT2D eigenvalue weighted by Crippen LogP contribution is 2.55. The van der Waals surface area contributed by atoms with Crippen molar-refractivity contribution in [2.45, 2.75) is 28.5 Å². The fourth-order valence-corrected chi connectivity index (χ4v) is 5.29. The van der Waals surface area contributed by atoms with Crippen LogP contribution in [0.4, 0.5) is 4.39 Å². The Morgan fingerprint density at radius 2 is 1.67 bits per heavy atom. The highest BCUT2D eigenvalue weighted by molar-refractivity contribution is 7.92. The molecule has 2 aromatic rings. The second kappa shape index (κ2) is 5.39. The minimum atomic E-state index is -3.94. The topological polar surface area (TPSA) is 97.5 Å². The zero-order valence-electron chi connectivity index (χ0n) is 12.8. The van der Waals surface area contributed by atoms with E-state index in [2.05, 4.69) is 0 Å². The number of carboxylic acid groups (broad SMARTS) is 1. The van der Waals surface area contributed by atoms with E-state index in [0.29, 0.717) is 5.56 Å². The van der Waals surface area contributed by atoms with Gasteiger partial charge in [0.25, 0.3) is 0 Å². The molecule has 0 aliphatic heterocycles. The number of hydrogen-bond acceptors (Lipinski definition) is 4. The molecule has 1 aliphatic carbocycles. The first-order valence-electron chi connectivity index (χ1n) is 7.27. The van der Waals surface area contributed by atoms with Crippen molar-refractivity contribution in [3.05, 3.63) is 65.5 Å². The molecule has 3 atom stereocenters. The number of sulfone groups is 1. The van der Waals surface area contributed by atoms with Gasteiger partial charge < -0.3 is 10.8 Å². The molecule has 1 aliphatic rings. The van der Waals surface area contributed by atoms with Crippen molar-refractivity contribution in [1.82, 2.24) is 0 Å². The van der Waals surface area contributed by atoms with Crippen LogP contribution >= 0.6 is 0 Å². The second-order valence-corrected chi connectivity index (χ2v) is 8.12. The van der Waals surface area contributed by atoms with Gasteiger partial charge in [-0.3, -0.25) is 4.79 Å². The molecule has 0 amide bonds. The monoisotopic (exact) mass is 349 g/mol. The molecule has 0 bridgehead atoms. The molecular formula is C17H16FNO4S. The summed E-state index contributed by atoms with van der Waals surface area (Å²) in [4.78, 5) is 11.6. The molecule has 1 saturated carbocycles. The molecule has 24 heavy (non-hydrogen) atoms. The molecule has 0 spiro atoms. The minimum Gasteiger partial charge on any atom is -0.480 e. The van der Waals surface area contributed by atoms with Crippen LogP contribution in [-0.2, 0) is 14.6 Å². The largest absolute Gasteiger partial charge is 0.480 e. The van der Waals surface area contributed by atoms with E-state index < -0.39 is 38.3 Å². The van der Waals surface area contributed by atoms with Crippen molar-refractivity contribution in [2.24, 2.45) is 5.73 Å². The van der Waals surface area contributed by atoms with Gasteiger partial charge in [0.1, 0.15) is 16.6 Å². The van der Waals surface area contributed by atoms with Crippen LogP contribution in [0.2, 0.25) is 0 Å². The molecule has 0 aromatic heterocycles. The van der Waals surface area contributed by atoms with Gasteiger partial charge >= 0.3 is 5.97 Å². The Morgan fingerprint density at radius 3 is 2.17 bits per heavy atom. The number of aryl methyl sites for hydroxylation is 1. The van der Waals surface area contributed by atoms with Gasteiger partial charge in [-0.25, -0.2) is 12.8 Å². The quantitative estimate of drug-likeness (QED) is 0.878. The maximum atomic E-state index is 13.1. The molecule has 3 N–H and O–H groups in total. The predicted molar refractivity (Wildman–Crippen MR) is 85.8 cm³/mol. The van der Waals surface area contributed by atoms with E-state index in [1.54, 1.807) is 12.1 Å². The molecule has 2 aromatic carbocycles. The second-order valence-electron chi connectivity index (χ2n) is 6.05. The maximum Gasteiger partial charge on any atom is 0.325 e. The Hall–Kier alpha value is -2.25. The average molecular weight is 349 g/mol. The Kier molecular flexibility index (Phi) is 3.73. The van der Waals surface area contributed by atoms with Gasteiger partial charge in [0.2, 0.25) is 0 Å². The number of carboxylic acids is 1. The van der Waals surface area contributed by atoms with Crippen molar-refractivity contribution < 1.29 is 22.7 Å². The first-order chi connectivity index (χ1) is 11.2. The van der Waals surface area contributed by atoms with Crippen molar-refractivity contribution in [2.75, 3.05) is 0 Å². The lowest BCUT2D eigenvalue weighted by atomic mass is 10.1. The summed E-state index contributed by atoms with van der Waals surface area (Å²) < 4.78 is 38.8. The Labute approximate surface area is 138 Å². The summed E-state index contributed by atoms with van der Waals surface area (Å²) in [7, 11) is -3.94. The fraction of sp³-hybridized carbons (Fsp3) is 0.235. The Morgan fingerprint density at radius 1 is 1.12 bits per heavy atom. The summed E-state index contributed by atoms with van der Waals surface area (Å²) in [5.41, 5.74) is 5.28. The molecule has 0 radical (unpaired) electrons. The highest BCUT2D eigenvalue weighted by Gasteiger charge is 2.74.